The lowest BCUT2D eigenvalue weighted by molar-refractivity contribution is 0.0977. The molecule has 1 saturated heterocycles. The number of hydrogen-bond donors (Lipinski definition) is 0. The van der Waals surface area contributed by atoms with Gasteiger partial charge in [-0.25, -0.2) is 4.68 Å². The zero-order chi connectivity index (χ0) is 21.8. The molecule has 1 aliphatic heterocycles. The Labute approximate surface area is 193 Å². The summed E-state index contributed by atoms with van der Waals surface area (Å²) in [6.45, 7) is 8.27. The molecule has 3 aromatic rings. The highest BCUT2D eigenvalue weighted by Gasteiger charge is 2.19. The molecule has 1 aliphatic rings. The second-order valence-corrected chi connectivity index (χ2v) is 8.71. The number of aryl methyl sites for hydroxylation is 1. The first kappa shape index (κ1) is 22.0. The van der Waals surface area contributed by atoms with Crippen LogP contribution in [0.4, 0.5) is 0 Å². The van der Waals surface area contributed by atoms with Crippen LogP contribution in [0.1, 0.15) is 17.0 Å². The minimum Gasteiger partial charge on any atom is -0.484 e. The monoisotopic (exact) mass is 457 g/mol. The molecule has 2 aromatic carbocycles. The molecule has 0 amide bonds. The second kappa shape index (κ2) is 9.96. The lowest BCUT2D eigenvalue weighted by atomic mass is 10.1. The number of para-hydroxylation sites is 1. The number of hydrogen-bond acceptors (Lipinski definition) is 5. The average Bonchev–Trinajstić information content (AvgIpc) is 3.04. The van der Waals surface area contributed by atoms with Gasteiger partial charge in [0.25, 0.3) is 0 Å². The van der Waals surface area contributed by atoms with Crippen molar-refractivity contribution in [2.75, 3.05) is 26.2 Å². The van der Waals surface area contributed by atoms with Crippen LogP contribution in [0.15, 0.2) is 48.5 Å². The molecule has 1 aromatic heterocycles. The molecule has 0 atom stereocenters. The van der Waals surface area contributed by atoms with Gasteiger partial charge in [-0.05, 0) is 42.4 Å². The van der Waals surface area contributed by atoms with Crippen LogP contribution >= 0.6 is 23.8 Å². The molecule has 6 nitrogen and oxygen atoms in total. The summed E-state index contributed by atoms with van der Waals surface area (Å²) in [5, 5.41) is 5.29. The fourth-order valence-corrected chi connectivity index (χ4v) is 4.16. The van der Waals surface area contributed by atoms with Crippen LogP contribution in [0.25, 0.3) is 0 Å². The predicted molar refractivity (Wildman–Crippen MR) is 126 cm³/mol. The molecule has 0 bridgehead atoms. The molecule has 0 aliphatic carbocycles. The zero-order valence-electron chi connectivity index (χ0n) is 18.0. The average molecular weight is 458 g/mol. The largest absolute Gasteiger partial charge is 0.484 e. The van der Waals surface area contributed by atoms with Crippen LogP contribution < -0.4 is 4.74 Å². The van der Waals surface area contributed by atoms with Crippen LogP contribution in [0.3, 0.4) is 0 Å². The predicted octanol–water partition coefficient (Wildman–Crippen LogP) is 4.27. The fourth-order valence-electron chi connectivity index (χ4n) is 3.76. The third-order valence-electron chi connectivity index (χ3n) is 5.78. The summed E-state index contributed by atoms with van der Waals surface area (Å²) in [4.78, 5) is 4.91. The third-order valence-corrected chi connectivity index (χ3v) is 6.58. The van der Waals surface area contributed by atoms with Crippen LogP contribution in [0.2, 0.25) is 5.02 Å². The minimum absolute atomic E-state index is 0.321. The SMILES string of the molecule is Cc1ccccc1CN1CCN(Cn2nc(COc3ccccc3Cl)n(C)c2=S)CC1. The van der Waals surface area contributed by atoms with E-state index < -0.39 is 0 Å². The highest BCUT2D eigenvalue weighted by molar-refractivity contribution is 7.71. The van der Waals surface area contributed by atoms with Gasteiger partial charge in [-0.2, -0.15) is 5.10 Å². The Morgan fingerprint density at radius 2 is 1.68 bits per heavy atom. The second-order valence-electron chi connectivity index (χ2n) is 7.94. The molecule has 1 fully saturated rings. The third kappa shape index (κ3) is 5.36. The zero-order valence-corrected chi connectivity index (χ0v) is 19.6. The van der Waals surface area contributed by atoms with Crippen molar-refractivity contribution < 1.29 is 4.74 Å². The molecule has 4 rings (SSSR count). The number of rotatable bonds is 7. The van der Waals surface area contributed by atoms with Gasteiger partial charge in [-0.15, -0.1) is 0 Å². The van der Waals surface area contributed by atoms with E-state index in [4.69, 9.17) is 33.7 Å². The van der Waals surface area contributed by atoms with Gasteiger partial charge in [0.2, 0.25) is 0 Å². The summed E-state index contributed by atoms with van der Waals surface area (Å²) in [6, 6.07) is 16.1. The van der Waals surface area contributed by atoms with Gasteiger partial charge in [0.1, 0.15) is 12.4 Å². The van der Waals surface area contributed by atoms with E-state index in [2.05, 4.69) is 41.0 Å². The summed E-state index contributed by atoms with van der Waals surface area (Å²) in [5.74, 6) is 1.43. The van der Waals surface area contributed by atoms with Crippen molar-refractivity contribution in [3.63, 3.8) is 0 Å². The Balaban J connectivity index is 1.33. The van der Waals surface area contributed by atoms with Gasteiger partial charge < -0.3 is 9.30 Å². The maximum Gasteiger partial charge on any atom is 0.198 e. The first-order valence-corrected chi connectivity index (χ1v) is 11.3. The van der Waals surface area contributed by atoms with Crippen molar-refractivity contribution in [1.29, 1.82) is 0 Å². The van der Waals surface area contributed by atoms with E-state index in [1.54, 1.807) is 0 Å². The van der Waals surface area contributed by atoms with Crippen molar-refractivity contribution in [2.45, 2.75) is 26.7 Å². The molecule has 0 saturated carbocycles. The summed E-state index contributed by atoms with van der Waals surface area (Å²) in [7, 11) is 1.93. The van der Waals surface area contributed by atoms with E-state index >= 15 is 0 Å². The molecule has 2 heterocycles. The van der Waals surface area contributed by atoms with Gasteiger partial charge in [-0.3, -0.25) is 9.80 Å². The van der Waals surface area contributed by atoms with E-state index in [1.807, 2.05) is 40.6 Å². The summed E-state index contributed by atoms with van der Waals surface area (Å²) in [6.07, 6.45) is 0. The van der Waals surface area contributed by atoms with Gasteiger partial charge in [0.05, 0.1) is 11.7 Å². The number of halogens is 1. The number of nitrogens with zero attached hydrogens (tertiary/aromatic N) is 5. The minimum atomic E-state index is 0.321. The topological polar surface area (TPSA) is 38.5 Å². The number of ether oxygens (including phenoxy) is 1. The molecular formula is C23H28ClN5OS. The normalized spacial score (nSPS) is 15.3. The Hall–Kier alpha value is -2.19. The van der Waals surface area contributed by atoms with Crippen molar-refractivity contribution in [3.05, 3.63) is 75.3 Å². The molecule has 8 heteroatoms. The van der Waals surface area contributed by atoms with Crippen LogP contribution in [0.5, 0.6) is 5.75 Å². The van der Waals surface area contributed by atoms with Gasteiger partial charge in [-0.1, -0.05) is 48.0 Å². The van der Waals surface area contributed by atoms with E-state index in [1.165, 1.54) is 11.1 Å². The molecule has 0 N–H and O–H groups in total. The maximum absolute atomic E-state index is 6.18. The summed E-state index contributed by atoms with van der Waals surface area (Å²) in [5.41, 5.74) is 2.77. The van der Waals surface area contributed by atoms with Crippen molar-refractivity contribution in [1.82, 2.24) is 24.1 Å². The Kier molecular flexibility index (Phi) is 7.07. The van der Waals surface area contributed by atoms with Crippen molar-refractivity contribution >= 4 is 23.8 Å². The Morgan fingerprint density at radius 3 is 2.42 bits per heavy atom. The van der Waals surface area contributed by atoms with Crippen molar-refractivity contribution in [2.24, 2.45) is 7.05 Å². The standard InChI is InChI=1S/C23H28ClN5OS/c1-18-7-3-4-8-19(18)15-27-11-13-28(14-12-27)17-29-23(31)26(2)22(25-29)16-30-21-10-6-5-9-20(21)24/h3-10H,11-17H2,1-2H3. The number of aromatic nitrogens is 3. The first-order chi connectivity index (χ1) is 15.0. The van der Waals surface area contributed by atoms with E-state index in [-0.39, 0.29) is 0 Å². The molecule has 0 unspecified atom stereocenters. The van der Waals surface area contributed by atoms with Crippen LogP contribution in [0, 0.1) is 11.7 Å². The van der Waals surface area contributed by atoms with Crippen LogP contribution in [-0.2, 0) is 26.9 Å². The number of piperazine rings is 1. The lowest BCUT2D eigenvalue weighted by Crippen LogP contribution is -2.46. The smallest absolute Gasteiger partial charge is 0.198 e. The van der Waals surface area contributed by atoms with Crippen LogP contribution in [-0.4, -0.2) is 50.3 Å². The molecule has 0 spiro atoms. The van der Waals surface area contributed by atoms with E-state index in [9.17, 15) is 0 Å². The van der Waals surface area contributed by atoms with Crippen molar-refractivity contribution in [3.8, 4) is 5.75 Å². The Bertz CT molecular complexity index is 1090. The maximum atomic E-state index is 6.18. The lowest BCUT2D eigenvalue weighted by Gasteiger charge is -2.34. The summed E-state index contributed by atoms with van der Waals surface area (Å²) < 4.78 is 10.3. The number of benzene rings is 2. The van der Waals surface area contributed by atoms with Gasteiger partial charge in [0.15, 0.2) is 10.6 Å². The first-order valence-electron chi connectivity index (χ1n) is 10.5. The Morgan fingerprint density at radius 1 is 1.00 bits per heavy atom. The summed E-state index contributed by atoms with van der Waals surface area (Å²) >= 11 is 11.8. The molecule has 31 heavy (non-hydrogen) atoms. The van der Waals surface area contributed by atoms with Gasteiger partial charge in [0, 0.05) is 39.8 Å². The van der Waals surface area contributed by atoms with E-state index in [0.717, 1.165) is 38.5 Å². The molecule has 0 radical (unpaired) electrons. The van der Waals surface area contributed by atoms with E-state index in [0.29, 0.717) is 28.8 Å². The highest BCUT2D eigenvalue weighted by atomic mass is 35.5. The molecular weight excluding hydrogens is 430 g/mol. The fraction of sp³-hybridized carbons (Fsp3) is 0.391. The molecule has 164 valence electrons. The quantitative estimate of drug-likeness (QED) is 0.495. The highest BCUT2D eigenvalue weighted by Crippen LogP contribution is 2.24. The van der Waals surface area contributed by atoms with Gasteiger partial charge >= 0.3 is 0 Å².